The van der Waals surface area contributed by atoms with E-state index in [1.807, 2.05) is 20.0 Å². The number of alkyl halides is 1. The Morgan fingerprint density at radius 2 is 1.52 bits per heavy atom. The molecule has 0 aliphatic carbocycles. The first-order chi connectivity index (χ1) is 13.8. The van der Waals surface area contributed by atoms with Crippen molar-refractivity contribution in [3.05, 3.63) is 71.0 Å². The molecule has 0 atom stereocenters. The number of rotatable bonds is 4. The van der Waals surface area contributed by atoms with Crippen LogP contribution in [-0.2, 0) is 5.41 Å². The molecule has 158 valence electrons. The average Bonchev–Trinajstić information content (AvgIpc) is 3.19. The van der Waals surface area contributed by atoms with Gasteiger partial charge in [-0.25, -0.2) is 4.98 Å². The highest BCUT2D eigenvalue weighted by Crippen LogP contribution is 2.36. The third-order valence-electron chi connectivity index (χ3n) is 5.30. The number of hydrogen-bond acceptors (Lipinski definition) is 1. The van der Waals surface area contributed by atoms with Gasteiger partial charge in [0, 0.05) is 18.0 Å². The summed E-state index contributed by atoms with van der Waals surface area (Å²) in [6.07, 6.45) is 5.08. The Morgan fingerprint density at radius 3 is 2.07 bits per heavy atom. The van der Waals surface area contributed by atoms with Crippen LogP contribution in [0.1, 0.15) is 63.3 Å². The lowest BCUT2D eigenvalue weighted by Gasteiger charge is -2.26. The van der Waals surface area contributed by atoms with Gasteiger partial charge in [0.05, 0.1) is 12.9 Å². The van der Waals surface area contributed by atoms with Crippen LogP contribution in [0.3, 0.4) is 0 Å². The number of aromatic nitrogens is 2. The maximum absolute atomic E-state index is 9.50. The predicted octanol–water partition coefficient (Wildman–Crippen LogP) is 7.76. The van der Waals surface area contributed by atoms with Gasteiger partial charge in [-0.2, -0.15) is 0 Å². The van der Waals surface area contributed by atoms with E-state index >= 15 is 0 Å². The minimum absolute atomic E-state index is 0.116. The second-order valence-electron chi connectivity index (χ2n) is 7.65. The van der Waals surface area contributed by atoms with Crippen molar-refractivity contribution in [2.75, 3.05) is 7.18 Å². The zero-order valence-electron chi connectivity index (χ0n) is 19.6. The highest BCUT2D eigenvalue weighted by Gasteiger charge is 2.24. The van der Waals surface area contributed by atoms with Crippen molar-refractivity contribution in [3.63, 3.8) is 0 Å². The lowest BCUT2D eigenvalue weighted by Crippen LogP contribution is -2.17. The fraction of sp³-hybridized carbons (Fsp3) is 0.423. The minimum Gasteiger partial charge on any atom is -0.299 e. The fourth-order valence-corrected chi connectivity index (χ4v) is 3.69. The van der Waals surface area contributed by atoms with Crippen molar-refractivity contribution in [3.8, 4) is 17.1 Å². The van der Waals surface area contributed by atoms with Crippen LogP contribution in [0.5, 0.6) is 0 Å². The van der Waals surface area contributed by atoms with Crippen molar-refractivity contribution in [1.82, 2.24) is 9.55 Å². The third kappa shape index (κ3) is 5.35. The maximum atomic E-state index is 9.50. The Bertz CT molecular complexity index is 884. The topological polar surface area (TPSA) is 17.8 Å². The second-order valence-corrected chi connectivity index (χ2v) is 7.65. The lowest BCUT2D eigenvalue weighted by molar-refractivity contribution is 0.507. The van der Waals surface area contributed by atoms with Crippen LogP contribution < -0.4 is 0 Å². The SMILES string of the molecule is CC.CCC(C)(C)c1ccccc1-c1nccn1-c1c(C)cc(C)cc1C.CF. The van der Waals surface area contributed by atoms with E-state index in [2.05, 4.69) is 88.7 Å². The monoisotopic (exact) mass is 396 g/mol. The van der Waals surface area contributed by atoms with Crippen LogP contribution in [0.15, 0.2) is 48.8 Å². The number of hydrogen-bond donors (Lipinski definition) is 0. The smallest absolute Gasteiger partial charge is 0.144 e. The summed E-state index contributed by atoms with van der Waals surface area (Å²) in [5.41, 5.74) is 7.79. The highest BCUT2D eigenvalue weighted by atomic mass is 19.1. The van der Waals surface area contributed by atoms with Gasteiger partial charge >= 0.3 is 0 Å². The molecular weight excluding hydrogens is 359 g/mol. The largest absolute Gasteiger partial charge is 0.299 e. The Balaban J connectivity index is 0.000000989. The van der Waals surface area contributed by atoms with Gasteiger partial charge in [-0.15, -0.1) is 0 Å². The molecule has 0 N–H and O–H groups in total. The normalized spacial score (nSPS) is 10.6. The van der Waals surface area contributed by atoms with Crippen LogP contribution in [0, 0.1) is 20.8 Å². The van der Waals surface area contributed by atoms with Gasteiger partial charge in [0.15, 0.2) is 0 Å². The van der Waals surface area contributed by atoms with E-state index < -0.39 is 0 Å². The third-order valence-corrected chi connectivity index (χ3v) is 5.30. The number of aryl methyl sites for hydroxylation is 3. The standard InChI is InChI=1S/C23H28N2.C2H6.CH3F/c1-7-23(5,6)20-11-9-8-10-19(20)22-24-12-13-25(22)21-17(3)14-16(2)15-18(21)4;2*1-2/h8-15H,7H2,1-6H3;1-2H3;1H3. The van der Waals surface area contributed by atoms with Gasteiger partial charge < -0.3 is 0 Å². The molecule has 1 heterocycles. The quantitative estimate of drug-likeness (QED) is 0.440. The van der Waals surface area contributed by atoms with Crippen molar-refractivity contribution in [1.29, 1.82) is 0 Å². The summed E-state index contributed by atoms with van der Waals surface area (Å²) >= 11 is 0. The van der Waals surface area contributed by atoms with Crippen LogP contribution in [0.2, 0.25) is 0 Å². The molecule has 3 rings (SSSR count). The molecule has 3 heteroatoms. The maximum Gasteiger partial charge on any atom is 0.144 e. The molecule has 0 saturated carbocycles. The molecule has 29 heavy (non-hydrogen) atoms. The van der Waals surface area contributed by atoms with Crippen molar-refractivity contribution in [2.45, 2.75) is 67.2 Å². The van der Waals surface area contributed by atoms with Gasteiger partial charge in [-0.1, -0.05) is 76.6 Å². The first kappa shape index (κ1) is 24.6. The molecule has 0 aliphatic rings. The van der Waals surface area contributed by atoms with Crippen molar-refractivity contribution in [2.24, 2.45) is 0 Å². The minimum atomic E-state index is 0.116. The molecule has 1 aromatic heterocycles. The first-order valence-corrected chi connectivity index (χ1v) is 10.4. The zero-order chi connectivity index (χ0) is 22.2. The molecular formula is C26H37FN2. The van der Waals surface area contributed by atoms with Crippen LogP contribution in [0.4, 0.5) is 4.39 Å². The van der Waals surface area contributed by atoms with E-state index in [1.165, 1.54) is 33.5 Å². The van der Waals surface area contributed by atoms with E-state index in [-0.39, 0.29) is 5.41 Å². The van der Waals surface area contributed by atoms with Gasteiger partial charge in [0.25, 0.3) is 0 Å². The van der Waals surface area contributed by atoms with E-state index in [1.54, 1.807) is 0 Å². The second kappa shape index (κ2) is 10.9. The van der Waals surface area contributed by atoms with E-state index in [4.69, 9.17) is 4.98 Å². The fourth-order valence-electron chi connectivity index (χ4n) is 3.69. The summed E-state index contributed by atoms with van der Waals surface area (Å²) in [5.74, 6) is 1.02. The molecule has 0 unspecified atom stereocenters. The summed E-state index contributed by atoms with van der Waals surface area (Å²) in [5, 5.41) is 0. The predicted molar refractivity (Wildman–Crippen MR) is 125 cm³/mol. The summed E-state index contributed by atoms with van der Waals surface area (Å²) in [7, 11) is 0.500. The molecule has 2 nitrogen and oxygen atoms in total. The van der Waals surface area contributed by atoms with Crippen molar-refractivity contribution < 1.29 is 4.39 Å². The molecule has 0 fully saturated rings. The summed E-state index contributed by atoms with van der Waals surface area (Å²) in [4.78, 5) is 4.74. The summed E-state index contributed by atoms with van der Waals surface area (Å²) < 4.78 is 11.7. The average molecular weight is 397 g/mol. The number of imidazole rings is 1. The number of benzene rings is 2. The molecule has 0 amide bonds. The number of halogens is 1. The molecule has 0 aliphatic heterocycles. The molecule has 0 saturated heterocycles. The van der Waals surface area contributed by atoms with Crippen LogP contribution >= 0.6 is 0 Å². The Morgan fingerprint density at radius 1 is 0.966 bits per heavy atom. The molecule has 0 spiro atoms. The number of nitrogens with zero attached hydrogens (tertiary/aromatic N) is 2. The van der Waals surface area contributed by atoms with Gasteiger partial charge in [0.2, 0.25) is 0 Å². The first-order valence-electron chi connectivity index (χ1n) is 10.4. The van der Waals surface area contributed by atoms with Crippen LogP contribution in [-0.4, -0.2) is 16.7 Å². The highest BCUT2D eigenvalue weighted by molar-refractivity contribution is 5.66. The van der Waals surface area contributed by atoms with E-state index in [0.717, 1.165) is 12.2 Å². The Labute approximate surface area is 176 Å². The van der Waals surface area contributed by atoms with Crippen molar-refractivity contribution >= 4 is 0 Å². The lowest BCUT2D eigenvalue weighted by atomic mass is 9.79. The summed E-state index contributed by atoms with van der Waals surface area (Å²) in [6, 6.07) is 13.2. The van der Waals surface area contributed by atoms with E-state index in [9.17, 15) is 4.39 Å². The van der Waals surface area contributed by atoms with Crippen LogP contribution in [0.25, 0.3) is 17.1 Å². The molecule has 2 aromatic carbocycles. The van der Waals surface area contributed by atoms with Gasteiger partial charge in [-0.05, 0) is 49.3 Å². The Kier molecular flexibility index (Phi) is 9.29. The zero-order valence-corrected chi connectivity index (χ0v) is 19.6. The molecule has 0 bridgehead atoms. The van der Waals surface area contributed by atoms with E-state index in [0.29, 0.717) is 7.18 Å². The molecule has 0 radical (unpaired) electrons. The summed E-state index contributed by atoms with van der Waals surface area (Å²) in [6.45, 7) is 17.4. The van der Waals surface area contributed by atoms with Gasteiger partial charge in [-0.3, -0.25) is 8.96 Å². The van der Waals surface area contributed by atoms with Gasteiger partial charge in [0.1, 0.15) is 5.82 Å². The molecule has 3 aromatic rings. The Hall–Kier alpha value is -2.42.